The molecule has 0 radical (unpaired) electrons. The molecule has 27 heavy (non-hydrogen) atoms. The van der Waals surface area contributed by atoms with Crippen molar-refractivity contribution in [2.24, 2.45) is 0 Å². The highest BCUT2D eigenvalue weighted by Gasteiger charge is 2.34. The van der Waals surface area contributed by atoms with Crippen molar-refractivity contribution in [3.8, 4) is 0 Å². The van der Waals surface area contributed by atoms with Crippen molar-refractivity contribution >= 4 is 34.1 Å². The van der Waals surface area contributed by atoms with E-state index in [9.17, 15) is 14.4 Å². The summed E-state index contributed by atoms with van der Waals surface area (Å²) in [6.45, 7) is 3.96. The fourth-order valence-electron chi connectivity index (χ4n) is 3.65. The van der Waals surface area contributed by atoms with E-state index in [4.69, 9.17) is 4.74 Å². The van der Waals surface area contributed by atoms with Crippen molar-refractivity contribution in [3.05, 3.63) is 16.0 Å². The maximum absolute atomic E-state index is 12.7. The second-order valence-corrected chi connectivity index (χ2v) is 8.50. The number of nitrogens with one attached hydrogen (secondary N) is 2. The highest BCUT2D eigenvalue weighted by Crippen LogP contribution is 2.34. The Kier molecular flexibility index (Phi) is 7.00. The van der Waals surface area contributed by atoms with Gasteiger partial charge >= 0.3 is 5.97 Å². The number of anilines is 1. The maximum atomic E-state index is 12.7. The third kappa shape index (κ3) is 4.87. The van der Waals surface area contributed by atoms with Gasteiger partial charge in [0.15, 0.2) is 6.54 Å². The van der Waals surface area contributed by atoms with Crippen LogP contribution in [0.2, 0.25) is 0 Å². The predicted octanol–water partition coefficient (Wildman–Crippen LogP) is 2.55. The highest BCUT2D eigenvalue weighted by molar-refractivity contribution is 7.18. The van der Waals surface area contributed by atoms with E-state index in [1.54, 1.807) is 13.8 Å². The predicted molar refractivity (Wildman–Crippen MR) is 106 cm³/mol. The number of hydrogen-bond donors (Lipinski definition) is 2. The van der Waals surface area contributed by atoms with Crippen molar-refractivity contribution in [2.45, 2.75) is 45.6 Å². The molecule has 150 valence electrons. The van der Waals surface area contributed by atoms with E-state index in [-0.39, 0.29) is 24.0 Å². The van der Waals surface area contributed by atoms with Crippen LogP contribution in [-0.2, 0) is 9.53 Å². The van der Waals surface area contributed by atoms with Gasteiger partial charge in [-0.3, -0.25) is 9.59 Å². The van der Waals surface area contributed by atoms with Crippen molar-refractivity contribution in [2.75, 3.05) is 39.6 Å². The van der Waals surface area contributed by atoms with Gasteiger partial charge in [0.25, 0.3) is 11.8 Å². The van der Waals surface area contributed by atoms with Crippen LogP contribution >= 0.6 is 11.3 Å². The molecule has 1 aromatic rings. The molecule has 0 aromatic carbocycles. The smallest absolute Gasteiger partial charge is 0.341 e. The minimum atomic E-state index is -0.527. The van der Waals surface area contributed by atoms with Crippen LogP contribution in [-0.4, -0.2) is 62.6 Å². The van der Waals surface area contributed by atoms with Gasteiger partial charge in [0.2, 0.25) is 0 Å². The third-order valence-electron chi connectivity index (χ3n) is 5.18. The van der Waals surface area contributed by atoms with Gasteiger partial charge in [-0.15, -0.1) is 11.3 Å². The lowest BCUT2D eigenvalue weighted by molar-refractivity contribution is -0.906. The van der Waals surface area contributed by atoms with Crippen molar-refractivity contribution in [3.63, 3.8) is 0 Å². The minimum Gasteiger partial charge on any atom is -0.462 e. The summed E-state index contributed by atoms with van der Waals surface area (Å²) in [5.74, 6) is -0.978. The van der Waals surface area contributed by atoms with Gasteiger partial charge in [0, 0.05) is 7.05 Å². The monoisotopic (exact) mass is 396 g/mol. The van der Waals surface area contributed by atoms with E-state index in [1.807, 2.05) is 0 Å². The summed E-state index contributed by atoms with van der Waals surface area (Å²) in [7, 11) is 5.67. The number of thiophene rings is 1. The molecular weight excluding hydrogens is 366 g/mol. The molecule has 7 nitrogen and oxygen atoms in total. The molecule has 0 saturated heterocycles. The summed E-state index contributed by atoms with van der Waals surface area (Å²) in [5, 5.41) is 5.79. The average Bonchev–Trinajstić information content (AvgIpc) is 3.23. The number of amides is 2. The fraction of sp³-hybridized carbons (Fsp3) is 0.632. The molecule has 0 spiro atoms. The Hall–Kier alpha value is -1.93. The summed E-state index contributed by atoms with van der Waals surface area (Å²) in [6.07, 6.45) is 4.68. The average molecular weight is 397 g/mol. The van der Waals surface area contributed by atoms with Gasteiger partial charge in [-0.1, -0.05) is 0 Å². The zero-order chi connectivity index (χ0) is 20.2. The SMILES string of the molecule is CCOC(=O)c1c(NC(=O)C[N+](C)(C)C2CCCC2)sc(C(=O)NC)c1C. The standard InChI is InChI=1S/C19H29N3O4S/c1-6-26-19(25)15-12(2)16(17(24)20-3)27-18(15)21-14(23)11-22(4,5)13-9-7-8-10-13/h13H,6-11H2,1-5H3,(H-,20,21,23,24,25)/p+1. The molecule has 2 rings (SSSR count). The first-order chi connectivity index (χ1) is 12.7. The second-order valence-electron chi connectivity index (χ2n) is 7.48. The lowest BCUT2D eigenvalue weighted by atomic mass is 10.1. The number of esters is 1. The Labute approximate surface area is 164 Å². The Balaban J connectivity index is 2.24. The Morgan fingerprint density at radius 2 is 1.85 bits per heavy atom. The van der Waals surface area contributed by atoms with Crippen LogP contribution in [0.1, 0.15) is 58.2 Å². The van der Waals surface area contributed by atoms with Gasteiger partial charge in [0.05, 0.1) is 37.2 Å². The van der Waals surface area contributed by atoms with Gasteiger partial charge < -0.3 is 19.9 Å². The largest absolute Gasteiger partial charge is 0.462 e. The van der Waals surface area contributed by atoms with Crippen LogP contribution in [0.15, 0.2) is 0 Å². The van der Waals surface area contributed by atoms with Crippen LogP contribution in [0.4, 0.5) is 5.00 Å². The first-order valence-corrected chi connectivity index (χ1v) is 10.2. The summed E-state index contributed by atoms with van der Waals surface area (Å²) in [6, 6.07) is 0.478. The van der Waals surface area contributed by atoms with Crippen LogP contribution < -0.4 is 10.6 Å². The molecule has 1 heterocycles. The van der Waals surface area contributed by atoms with E-state index in [2.05, 4.69) is 24.7 Å². The van der Waals surface area contributed by atoms with Gasteiger partial charge in [0.1, 0.15) is 5.00 Å². The van der Waals surface area contributed by atoms with Crippen molar-refractivity contribution in [1.82, 2.24) is 5.32 Å². The normalized spacial score (nSPS) is 14.9. The molecule has 0 aliphatic heterocycles. The number of rotatable bonds is 7. The number of hydrogen-bond acceptors (Lipinski definition) is 5. The number of likely N-dealkylation sites (N-methyl/N-ethyl adjacent to an activating group) is 1. The Morgan fingerprint density at radius 3 is 2.41 bits per heavy atom. The summed E-state index contributed by atoms with van der Waals surface area (Å²) in [4.78, 5) is 37.6. The van der Waals surface area contributed by atoms with Gasteiger partial charge in [-0.2, -0.15) is 0 Å². The summed E-state index contributed by atoms with van der Waals surface area (Å²) in [5.41, 5.74) is 0.789. The molecule has 1 saturated carbocycles. The van der Waals surface area contributed by atoms with Crippen LogP contribution in [0, 0.1) is 6.92 Å². The van der Waals surface area contributed by atoms with Gasteiger partial charge in [-0.25, -0.2) is 4.79 Å². The molecule has 0 atom stereocenters. The third-order valence-corrected chi connectivity index (χ3v) is 6.38. The highest BCUT2D eigenvalue weighted by atomic mass is 32.1. The lowest BCUT2D eigenvalue weighted by Gasteiger charge is -2.35. The minimum absolute atomic E-state index is 0.165. The second kappa shape index (κ2) is 8.84. The van der Waals surface area contributed by atoms with E-state index in [0.717, 1.165) is 24.2 Å². The van der Waals surface area contributed by atoms with E-state index in [1.165, 1.54) is 19.9 Å². The molecule has 2 N–H and O–H groups in total. The molecule has 1 aliphatic carbocycles. The van der Waals surface area contributed by atoms with E-state index in [0.29, 0.717) is 32.5 Å². The van der Waals surface area contributed by atoms with Crippen molar-refractivity contribution < 1.29 is 23.6 Å². The summed E-state index contributed by atoms with van der Waals surface area (Å²) >= 11 is 1.11. The molecule has 1 aromatic heterocycles. The number of nitrogens with zero attached hydrogens (tertiary/aromatic N) is 1. The molecule has 0 bridgehead atoms. The number of carbonyl (C=O) groups is 3. The maximum Gasteiger partial charge on any atom is 0.341 e. The first kappa shape index (κ1) is 21.4. The van der Waals surface area contributed by atoms with E-state index >= 15 is 0 Å². The topological polar surface area (TPSA) is 84.5 Å². The Morgan fingerprint density at radius 1 is 1.22 bits per heavy atom. The zero-order valence-electron chi connectivity index (χ0n) is 16.8. The van der Waals surface area contributed by atoms with Crippen LogP contribution in [0.3, 0.4) is 0 Å². The lowest BCUT2D eigenvalue weighted by Crippen LogP contribution is -2.51. The molecule has 8 heteroatoms. The van der Waals surface area contributed by atoms with Crippen LogP contribution in [0.5, 0.6) is 0 Å². The summed E-state index contributed by atoms with van der Waals surface area (Å²) < 4.78 is 5.74. The molecule has 1 fully saturated rings. The number of quaternary nitrogens is 1. The zero-order valence-corrected chi connectivity index (χ0v) is 17.6. The molecule has 2 amide bonds. The number of ether oxygens (including phenoxy) is 1. The van der Waals surface area contributed by atoms with Crippen LogP contribution in [0.25, 0.3) is 0 Å². The molecule has 0 unspecified atom stereocenters. The Bertz CT molecular complexity index is 721. The molecule has 1 aliphatic rings. The molecular formula is C19H30N3O4S+. The quantitative estimate of drug-likeness (QED) is 0.548. The fourth-order valence-corrected chi connectivity index (χ4v) is 4.81. The first-order valence-electron chi connectivity index (χ1n) is 9.36. The van der Waals surface area contributed by atoms with E-state index < -0.39 is 5.97 Å². The van der Waals surface area contributed by atoms with Crippen molar-refractivity contribution in [1.29, 1.82) is 0 Å². The number of carbonyl (C=O) groups excluding carboxylic acids is 3. The van der Waals surface area contributed by atoms with Gasteiger partial charge in [-0.05, 0) is 45.1 Å².